The number of aromatic hydroxyl groups is 1. The predicted molar refractivity (Wildman–Crippen MR) is 47.4 cm³/mol. The Morgan fingerprint density at radius 2 is 2.38 bits per heavy atom. The summed E-state index contributed by atoms with van der Waals surface area (Å²) in [4.78, 5) is 10.6. The predicted octanol–water partition coefficient (Wildman–Crippen LogP) is 0.347. The van der Waals surface area contributed by atoms with E-state index >= 15 is 0 Å². The maximum Gasteiger partial charge on any atom is 0.320 e. The fourth-order valence-electron chi connectivity index (χ4n) is 0.781. The average Bonchev–Trinajstić information content (AvgIpc) is 2.29. The summed E-state index contributed by atoms with van der Waals surface area (Å²) in [5, 5.41) is 18.0. The second-order valence-corrected chi connectivity index (χ2v) is 2.48. The molecule has 0 amide bonds. The summed E-state index contributed by atoms with van der Waals surface area (Å²) in [5.41, 5.74) is 5.13. The number of phenolic OH excluding ortho intramolecular Hbond substituents is 1. The first-order chi connectivity index (χ1) is 7.77. The van der Waals surface area contributed by atoms with Crippen LogP contribution in [0.15, 0.2) is 24.2 Å². The zero-order valence-corrected chi connectivity index (χ0v) is 6.66. The van der Waals surface area contributed by atoms with Crippen molar-refractivity contribution in [1.29, 1.82) is 0 Å². The lowest BCUT2D eigenvalue weighted by atomic mass is 10.1. The summed E-state index contributed by atoms with van der Waals surface area (Å²) in [6, 6.07) is -3.46. The van der Waals surface area contributed by atoms with Gasteiger partial charge < -0.3 is 15.9 Å². The van der Waals surface area contributed by atoms with Crippen LogP contribution < -0.4 is 5.73 Å². The van der Waals surface area contributed by atoms with Crippen molar-refractivity contribution in [3.05, 3.63) is 29.7 Å². The number of hydrogen-bond donors (Lipinski definition) is 3. The highest BCUT2D eigenvalue weighted by molar-refractivity contribution is 5.73. The molecular formula is C9H11NO3. The molecule has 0 saturated carbocycles. The fraction of sp³-hybridized carbons (Fsp3) is 0.222. The topological polar surface area (TPSA) is 83.5 Å². The van der Waals surface area contributed by atoms with Gasteiger partial charge in [-0.2, -0.15) is 0 Å². The minimum atomic E-state index is -1.32. The van der Waals surface area contributed by atoms with Crippen LogP contribution in [0.2, 0.25) is 0 Å². The van der Waals surface area contributed by atoms with E-state index in [0.717, 1.165) is 0 Å². The first-order valence-corrected chi connectivity index (χ1v) is 3.54. The molecule has 1 atom stereocenters. The molecule has 0 spiro atoms. The molecule has 4 N–H and O–H groups in total. The molecule has 0 unspecified atom stereocenters. The van der Waals surface area contributed by atoms with Gasteiger partial charge in [-0.05, 0) is 24.1 Å². The number of aliphatic carboxylic acids is 1. The van der Waals surface area contributed by atoms with Crippen LogP contribution in [0.1, 0.15) is 11.0 Å². The van der Waals surface area contributed by atoms with Gasteiger partial charge in [0, 0.05) is 0 Å². The van der Waals surface area contributed by atoms with Gasteiger partial charge in [0.25, 0.3) is 0 Å². The number of nitrogens with two attached hydrogens (primary N) is 1. The monoisotopic (exact) mass is 185 g/mol. The second kappa shape index (κ2) is 3.91. The van der Waals surface area contributed by atoms with Gasteiger partial charge in [-0.25, -0.2) is 0 Å². The third-order valence-corrected chi connectivity index (χ3v) is 1.40. The Bertz CT molecular complexity index is 449. The molecule has 4 heteroatoms. The molecule has 0 fully saturated rings. The van der Waals surface area contributed by atoms with Crippen molar-refractivity contribution >= 4 is 5.97 Å². The minimum Gasteiger partial charge on any atom is -0.508 e. The first-order valence-electron chi connectivity index (χ1n) is 5.54. The van der Waals surface area contributed by atoms with Gasteiger partial charge in [-0.15, -0.1) is 0 Å². The van der Waals surface area contributed by atoms with E-state index in [9.17, 15) is 9.90 Å². The van der Waals surface area contributed by atoms with Crippen molar-refractivity contribution in [3.8, 4) is 5.75 Å². The summed E-state index contributed by atoms with van der Waals surface area (Å²) < 4.78 is 29.6. The Kier molecular flexibility index (Phi) is 1.58. The van der Waals surface area contributed by atoms with Crippen LogP contribution >= 0.6 is 0 Å². The van der Waals surface area contributed by atoms with E-state index in [2.05, 4.69) is 0 Å². The van der Waals surface area contributed by atoms with E-state index in [0.29, 0.717) is 0 Å². The third kappa shape index (κ3) is 2.76. The summed E-state index contributed by atoms with van der Waals surface area (Å²) >= 11 is 0. The number of carboxylic acid groups (broad SMARTS) is 1. The highest BCUT2D eigenvalue weighted by Gasteiger charge is 2.11. The molecule has 4 nitrogen and oxygen atoms in total. The van der Waals surface area contributed by atoms with Gasteiger partial charge in [0.1, 0.15) is 11.8 Å². The van der Waals surface area contributed by atoms with Crippen LogP contribution in [-0.2, 0) is 11.2 Å². The van der Waals surface area contributed by atoms with E-state index in [1.165, 1.54) is 0 Å². The van der Waals surface area contributed by atoms with E-state index in [1.54, 1.807) is 0 Å². The molecule has 1 aromatic rings. The average molecular weight is 185 g/mol. The molecule has 1 rings (SSSR count). The summed E-state index contributed by atoms with van der Waals surface area (Å²) in [7, 11) is 0. The quantitative estimate of drug-likeness (QED) is 0.634. The molecule has 70 valence electrons. The van der Waals surface area contributed by atoms with Crippen LogP contribution in [-0.4, -0.2) is 22.2 Å². The molecule has 0 aromatic heterocycles. The molecule has 0 heterocycles. The number of benzene rings is 1. The third-order valence-electron chi connectivity index (χ3n) is 1.40. The van der Waals surface area contributed by atoms with Crippen LogP contribution in [0.5, 0.6) is 5.75 Å². The lowest BCUT2D eigenvalue weighted by Gasteiger charge is -2.05. The number of carboxylic acids is 1. The van der Waals surface area contributed by atoms with E-state index < -0.39 is 41.9 Å². The van der Waals surface area contributed by atoms with Gasteiger partial charge in [0.05, 0.1) is 5.48 Å². The van der Waals surface area contributed by atoms with Crippen molar-refractivity contribution in [2.45, 2.75) is 12.5 Å². The maximum absolute atomic E-state index is 10.6. The number of hydrogen-bond acceptors (Lipinski definition) is 3. The van der Waals surface area contributed by atoms with E-state index in [4.69, 9.17) is 16.3 Å². The van der Waals surface area contributed by atoms with Crippen molar-refractivity contribution in [2.24, 2.45) is 5.73 Å². The van der Waals surface area contributed by atoms with Gasteiger partial charge in [-0.1, -0.05) is 12.1 Å². The van der Waals surface area contributed by atoms with E-state index in [1.807, 2.05) is 0 Å². The molecule has 0 bridgehead atoms. The molecule has 0 aliphatic rings. The molecule has 0 saturated heterocycles. The van der Waals surface area contributed by atoms with E-state index in [-0.39, 0.29) is 12.0 Å². The van der Waals surface area contributed by atoms with Crippen LogP contribution in [0.25, 0.3) is 0 Å². The van der Waals surface area contributed by atoms with Crippen molar-refractivity contribution in [3.63, 3.8) is 0 Å². The fourth-order valence-corrected chi connectivity index (χ4v) is 0.781. The zero-order valence-electron chi connectivity index (χ0n) is 10.7. The number of carbonyl (C=O) groups is 1. The molecule has 13 heavy (non-hydrogen) atoms. The van der Waals surface area contributed by atoms with Gasteiger partial charge in [0.15, 0.2) is 0 Å². The van der Waals surface area contributed by atoms with Crippen molar-refractivity contribution in [1.82, 2.24) is 0 Å². The first kappa shape index (κ1) is 5.24. The molecular weight excluding hydrogens is 170 g/mol. The van der Waals surface area contributed by atoms with Gasteiger partial charge in [0.2, 0.25) is 0 Å². The summed E-state index contributed by atoms with van der Waals surface area (Å²) in [5.74, 6) is -2.04. The summed E-state index contributed by atoms with van der Waals surface area (Å²) in [6.45, 7) is 0. The summed E-state index contributed by atoms with van der Waals surface area (Å²) in [6.07, 6.45) is -0.341. The largest absolute Gasteiger partial charge is 0.508 e. The normalized spacial score (nSPS) is 16.7. The molecule has 0 aliphatic heterocycles. The Labute approximate surface area is 81.2 Å². The highest BCUT2D eigenvalue weighted by atomic mass is 16.4. The molecule has 0 aliphatic carbocycles. The number of phenols is 1. The highest BCUT2D eigenvalue weighted by Crippen LogP contribution is 2.11. The lowest BCUT2D eigenvalue weighted by Crippen LogP contribution is -2.32. The molecule has 0 radical (unpaired) electrons. The van der Waals surface area contributed by atoms with Crippen LogP contribution in [0, 0.1) is 0 Å². The lowest BCUT2D eigenvalue weighted by molar-refractivity contribution is -0.138. The standard InChI is InChI=1S/C9H11NO3/c10-8(9(12)13)5-6-2-1-3-7(11)4-6/h1-4,8,11H,5,10H2,(H,12,13)/t8-/m0/s1/i1D,2D,3D,4D. The SMILES string of the molecule is [2H]c1c([2H])c(O)c([2H])c(C[C@H](N)C(=O)O)c1[2H]. The van der Waals surface area contributed by atoms with Crippen LogP contribution in [0.4, 0.5) is 0 Å². The molecule has 1 aromatic carbocycles. The maximum atomic E-state index is 10.6. The minimum absolute atomic E-state index is 0.140. The van der Waals surface area contributed by atoms with Gasteiger partial charge >= 0.3 is 5.97 Å². The van der Waals surface area contributed by atoms with Crippen molar-refractivity contribution < 1.29 is 20.5 Å². The van der Waals surface area contributed by atoms with Crippen molar-refractivity contribution in [2.75, 3.05) is 0 Å². The Morgan fingerprint density at radius 3 is 3.00 bits per heavy atom. The Hall–Kier alpha value is -1.55. The zero-order chi connectivity index (χ0) is 13.3. The Morgan fingerprint density at radius 1 is 1.69 bits per heavy atom. The smallest absolute Gasteiger partial charge is 0.320 e. The second-order valence-electron chi connectivity index (χ2n) is 2.48. The Balaban J connectivity index is 3.30. The van der Waals surface area contributed by atoms with Gasteiger partial charge in [-0.3, -0.25) is 4.79 Å². The van der Waals surface area contributed by atoms with Crippen LogP contribution in [0.3, 0.4) is 0 Å². The number of rotatable bonds is 3.